The van der Waals surface area contributed by atoms with Gasteiger partial charge in [0.15, 0.2) is 5.78 Å². The van der Waals surface area contributed by atoms with Gasteiger partial charge in [0, 0.05) is 34.9 Å². The average molecular weight is 371 g/mol. The van der Waals surface area contributed by atoms with E-state index in [-0.39, 0.29) is 45.2 Å². The number of aromatic carboxylic acids is 2. The number of unbranched alkanes of at least 4 members (excludes halogenated alkanes) is 1. The van der Waals surface area contributed by atoms with Crippen LogP contribution in [0.3, 0.4) is 0 Å². The van der Waals surface area contributed by atoms with Crippen LogP contribution in [0.4, 0.5) is 0 Å². The van der Waals surface area contributed by atoms with Gasteiger partial charge in [0.25, 0.3) is 5.91 Å². The molecule has 7 nitrogen and oxygen atoms in total. The summed E-state index contributed by atoms with van der Waals surface area (Å²) >= 11 is 0. The van der Waals surface area contributed by atoms with Gasteiger partial charge in [-0.2, -0.15) is 0 Å². The van der Waals surface area contributed by atoms with E-state index in [2.05, 4.69) is 5.32 Å². The summed E-state index contributed by atoms with van der Waals surface area (Å²) in [5.74, 6) is -3.41. The van der Waals surface area contributed by atoms with Crippen LogP contribution in [0.1, 0.15) is 74.5 Å². The van der Waals surface area contributed by atoms with Gasteiger partial charge in [0.05, 0.1) is 11.1 Å². The zero-order chi connectivity index (χ0) is 20.1. The van der Waals surface area contributed by atoms with E-state index in [1.165, 1.54) is 24.3 Å². The molecule has 0 aliphatic carbocycles. The zero-order valence-electron chi connectivity index (χ0n) is 15.2. The van der Waals surface area contributed by atoms with Crippen LogP contribution in [0, 0.1) is 0 Å². The predicted molar refractivity (Wildman–Crippen MR) is 99.7 cm³/mol. The largest absolute Gasteiger partial charge is 0.478 e. The lowest BCUT2D eigenvalue weighted by molar-refractivity contribution is 0.0686. The van der Waals surface area contributed by atoms with Crippen LogP contribution >= 0.6 is 0 Å². The van der Waals surface area contributed by atoms with E-state index >= 15 is 0 Å². The molecule has 0 saturated carbocycles. The number of carbonyl (C=O) groups excluding carboxylic acids is 2. The Balaban J connectivity index is 2.94. The molecule has 142 valence electrons. The van der Waals surface area contributed by atoms with Crippen LogP contribution in [-0.2, 0) is 0 Å². The molecule has 0 spiro atoms. The SMILES string of the molecule is CCCCC(=O)c1ccc(C(=O)O)c2c(C(=O)NCC)ccc(C(=O)O)c12. The molecule has 0 bridgehead atoms. The van der Waals surface area contributed by atoms with Crippen molar-refractivity contribution in [1.29, 1.82) is 0 Å². The molecule has 2 rings (SSSR count). The lowest BCUT2D eigenvalue weighted by atomic mass is 9.89. The van der Waals surface area contributed by atoms with E-state index in [9.17, 15) is 29.4 Å². The number of amides is 1. The maximum atomic E-state index is 12.6. The molecule has 0 atom stereocenters. The van der Waals surface area contributed by atoms with Gasteiger partial charge in [-0.05, 0) is 37.6 Å². The minimum atomic E-state index is -1.30. The van der Waals surface area contributed by atoms with Gasteiger partial charge in [0.2, 0.25) is 0 Å². The van der Waals surface area contributed by atoms with Gasteiger partial charge in [-0.3, -0.25) is 9.59 Å². The minimum absolute atomic E-state index is 0.00717. The van der Waals surface area contributed by atoms with Gasteiger partial charge in [-0.15, -0.1) is 0 Å². The minimum Gasteiger partial charge on any atom is -0.478 e. The first kappa shape index (κ1) is 20.1. The van der Waals surface area contributed by atoms with Crippen molar-refractivity contribution in [2.75, 3.05) is 6.54 Å². The Labute approximate surface area is 156 Å². The molecule has 0 saturated heterocycles. The highest BCUT2D eigenvalue weighted by Crippen LogP contribution is 2.31. The first-order valence-electron chi connectivity index (χ1n) is 8.71. The summed E-state index contributed by atoms with van der Waals surface area (Å²) in [6.45, 7) is 3.96. The summed E-state index contributed by atoms with van der Waals surface area (Å²) in [4.78, 5) is 48.5. The van der Waals surface area contributed by atoms with Crippen molar-refractivity contribution in [2.24, 2.45) is 0 Å². The molecule has 7 heteroatoms. The Hall–Kier alpha value is -3.22. The molecular formula is C20H21NO6. The standard InChI is InChI=1S/C20H21NO6/c1-3-5-6-15(22)11-7-9-14(20(26)27)17-12(18(23)21-4-2)8-10-13(16(11)17)19(24)25/h7-10H,3-6H2,1-2H3,(H,21,23)(H,24,25)(H,26,27). The highest BCUT2D eigenvalue weighted by molar-refractivity contribution is 6.23. The molecule has 0 aliphatic heterocycles. The zero-order valence-corrected chi connectivity index (χ0v) is 15.2. The number of carboxylic acid groups (broad SMARTS) is 2. The van der Waals surface area contributed by atoms with Crippen molar-refractivity contribution in [3.05, 3.63) is 46.5 Å². The number of hydrogen-bond acceptors (Lipinski definition) is 4. The summed E-state index contributed by atoms with van der Waals surface area (Å²) in [6.07, 6.45) is 1.62. The fourth-order valence-corrected chi connectivity index (χ4v) is 3.00. The first-order chi connectivity index (χ1) is 12.8. The van der Waals surface area contributed by atoms with Crippen LogP contribution in [0.5, 0.6) is 0 Å². The number of nitrogens with one attached hydrogen (secondary N) is 1. The van der Waals surface area contributed by atoms with Crippen molar-refractivity contribution in [3.63, 3.8) is 0 Å². The second-order valence-corrected chi connectivity index (χ2v) is 6.07. The number of carbonyl (C=O) groups is 4. The molecule has 1 amide bonds. The smallest absolute Gasteiger partial charge is 0.336 e. The Morgan fingerprint density at radius 3 is 1.78 bits per heavy atom. The van der Waals surface area contributed by atoms with Gasteiger partial charge in [-0.25, -0.2) is 9.59 Å². The summed E-state index contributed by atoms with van der Waals surface area (Å²) in [5, 5.41) is 21.7. The molecule has 0 unspecified atom stereocenters. The van der Waals surface area contributed by atoms with Gasteiger partial charge in [0.1, 0.15) is 0 Å². The highest BCUT2D eigenvalue weighted by atomic mass is 16.4. The average Bonchev–Trinajstić information content (AvgIpc) is 2.63. The highest BCUT2D eigenvalue weighted by Gasteiger charge is 2.25. The van der Waals surface area contributed by atoms with E-state index in [1.807, 2.05) is 6.92 Å². The predicted octanol–water partition coefficient (Wildman–Crippen LogP) is 3.36. The quantitative estimate of drug-likeness (QED) is 0.612. The Bertz CT molecular complexity index is 932. The van der Waals surface area contributed by atoms with E-state index in [4.69, 9.17) is 0 Å². The molecule has 0 heterocycles. The number of Topliss-reactive ketones (excluding diaryl/α,β-unsaturated/α-hetero) is 1. The van der Waals surface area contributed by atoms with E-state index < -0.39 is 17.8 Å². The monoisotopic (exact) mass is 371 g/mol. The first-order valence-corrected chi connectivity index (χ1v) is 8.71. The number of hydrogen-bond donors (Lipinski definition) is 3. The number of fused-ring (bicyclic) bond motifs is 1. The third-order valence-corrected chi connectivity index (χ3v) is 4.26. The molecule has 0 radical (unpaired) electrons. The fourth-order valence-electron chi connectivity index (χ4n) is 3.00. The maximum Gasteiger partial charge on any atom is 0.336 e. The summed E-state index contributed by atoms with van der Waals surface area (Å²) in [5.41, 5.74) is -0.284. The summed E-state index contributed by atoms with van der Waals surface area (Å²) in [6, 6.07) is 5.09. The number of carboxylic acids is 2. The van der Waals surface area contributed by atoms with Crippen molar-refractivity contribution in [3.8, 4) is 0 Å². The molecule has 2 aromatic rings. The van der Waals surface area contributed by atoms with Crippen molar-refractivity contribution in [2.45, 2.75) is 33.1 Å². The van der Waals surface area contributed by atoms with Gasteiger partial charge >= 0.3 is 11.9 Å². The Morgan fingerprint density at radius 1 is 0.815 bits per heavy atom. The van der Waals surface area contributed by atoms with Gasteiger partial charge in [-0.1, -0.05) is 13.3 Å². The van der Waals surface area contributed by atoms with E-state index in [1.54, 1.807) is 6.92 Å². The summed E-state index contributed by atoms with van der Waals surface area (Å²) < 4.78 is 0. The maximum absolute atomic E-state index is 12.6. The number of rotatable bonds is 8. The molecule has 0 fully saturated rings. The van der Waals surface area contributed by atoms with Crippen molar-refractivity contribution in [1.82, 2.24) is 5.32 Å². The lowest BCUT2D eigenvalue weighted by Gasteiger charge is -2.15. The lowest BCUT2D eigenvalue weighted by Crippen LogP contribution is -2.24. The van der Waals surface area contributed by atoms with Crippen LogP contribution in [-0.4, -0.2) is 40.4 Å². The second kappa shape index (κ2) is 8.44. The van der Waals surface area contributed by atoms with Crippen LogP contribution < -0.4 is 5.32 Å². The molecule has 27 heavy (non-hydrogen) atoms. The third-order valence-electron chi connectivity index (χ3n) is 4.26. The van der Waals surface area contributed by atoms with Crippen molar-refractivity contribution < 1.29 is 29.4 Å². The van der Waals surface area contributed by atoms with E-state index in [0.717, 1.165) is 6.42 Å². The third kappa shape index (κ3) is 3.97. The Kier molecular flexibility index (Phi) is 6.28. The van der Waals surface area contributed by atoms with Crippen LogP contribution in [0.2, 0.25) is 0 Å². The molecular weight excluding hydrogens is 350 g/mol. The molecule has 0 aliphatic rings. The summed E-state index contributed by atoms with van der Waals surface area (Å²) in [7, 11) is 0. The van der Waals surface area contributed by atoms with Gasteiger partial charge < -0.3 is 15.5 Å². The topological polar surface area (TPSA) is 121 Å². The molecule has 3 N–H and O–H groups in total. The fraction of sp³-hybridized carbons (Fsp3) is 0.300. The molecule has 2 aromatic carbocycles. The van der Waals surface area contributed by atoms with Crippen molar-refractivity contribution >= 4 is 34.4 Å². The van der Waals surface area contributed by atoms with Crippen LogP contribution in [0.25, 0.3) is 10.8 Å². The Morgan fingerprint density at radius 2 is 1.30 bits per heavy atom. The van der Waals surface area contributed by atoms with E-state index in [0.29, 0.717) is 13.0 Å². The number of benzene rings is 2. The van der Waals surface area contributed by atoms with Crippen LogP contribution in [0.15, 0.2) is 24.3 Å². The normalized spacial score (nSPS) is 10.6. The molecule has 0 aromatic heterocycles. The second-order valence-electron chi connectivity index (χ2n) is 6.07. The number of ketones is 1.